The molecule has 2 aromatic rings. The fourth-order valence-corrected chi connectivity index (χ4v) is 2.68. The fourth-order valence-electron chi connectivity index (χ4n) is 1.91. The van der Waals surface area contributed by atoms with Gasteiger partial charge in [0.1, 0.15) is 4.88 Å². The van der Waals surface area contributed by atoms with Gasteiger partial charge in [0, 0.05) is 38.2 Å². The van der Waals surface area contributed by atoms with Gasteiger partial charge in [0.05, 0.1) is 12.3 Å². The molecule has 1 aliphatic rings. The average Bonchev–Trinajstić information content (AvgIpc) is 3.42. The Balaban J connectivity index is 0.000000209. The van der Waals surface area contributed by atoms with Crippen molar-refractivity contribution in [3.63, 3.8) is 0 Å². The molecule has 138 valence electrons. The van der Waals surface area contributed by atoms with E-state index in [-0.39, 0.29) is 0 Å². The summed E-state index contributed by atoms with van der Waals surface area (Å²) in [7, 11) is 1.86. The van der Waals surface area contributed by atoms with Crippen molar-refractivity contribution in [2.75, 3.05) is 32.1 Å². The Morgan fingerprint density at radius 1 is 1.35 bits per heavy atom. The lowest BCUT2D eigenvalue weighted by molar-refractivity contribution is -0.109. The minimum absolute atomic E-state index is 0.635. The van der Waals surface area contributed by atoms with Gasteiger partial charge in [-0.3, -0.25) is 9.78 Å². The van der Waals surface area contributed by atoms with E-state index in [2.05, 4.69) is 32.4 Å². The molecule has 26 heavy (non-hydrogen) atoms. The third-order valence-electron chi connectivity index (χ3n) is 3.54. The summed E-state index contributed by atoms with van der Waals surface area (Å²) in [4.78, 5) is 19.0. The van der Waals surface area contributed by atoms with E-state index < -0.39 is 0 Å². The summed E-state index contributed by atoms with van der Waals surface area (Å²) in [6, 6.07) is 3.78. The Morgan fingerprint density at radius 2 is 2.12 bits per heavy atom. The number of amides is 1. The van der Waals surface area contributed by atoms with Gasteiger partial charge in [-0.2, -0.15) is 0 Å². The maximum Gasteiger partial charge on any atom is 0.207 e. The second kappa shape index (κ2) is 11.2. The van der Waals surface area contributed by atoms with Gasteiger partial charge < -0.3 is 15.4 Å². The first-order valence-corrected chi connectivity index (χ1v) is 9.36. The predicted octanol–water partition coefficient (Wildman–Crippen LogP) is 2.45. The summed E-state index contributed by atoms with van der Waals surface area (Å²) >= 11 is 1.57. The number of nitrogens with one attached hydrogen (secondary N) is 2. The number of nitrogens with zero attached hydrogens (tertiary/aromatic N) is 2. The van der Waals surface area contributed by atoms with E-state index in [4.69, 9.17) is 4.74 Å². The summed E-state index contributed by atoms with van der Waals surface area (Å²) in [5.74, 6) is 7.03. The van der Waals surface area contributed by atoms with Crippen molar-refractivity contribution in [3.05, 3.63) is 40.7 Å². The number of hydrogen-bond donors (Lipinski definition) is 2. The lowest BCUT2D eigenvalue weighted by atomic mass is 10.2. The van der Waals surface area contributed by atoms with Crippen LogP contribution in [0, 0.1) is 24.7 Å². The second-order valence-corrected chi connectivity index (χ2v) is 6.76. The first-order chi connectivity index (χ1) is 12.7. The zero-order valence-electron chi connectivity index (χ0n) is 15.1. The van der Waals surface area contributed by atoms with Gasteiger partial charge in [-0.25, -0.2) is 4.98 Å². The summed E-state index contributed by atoms with van der Waals surface area (Å²) in [5.41, 5.74) is 1.93. The van der Waals surface area contributed by atoms with E-state index in [0.29, 0.717) is 19.6 Å². The van der Waals surface area contributed by atoms with Crippen LogP contribution in [0.25, 0.3) is 0 Å². The molecule has 2 N–H and O–H groups in total. The highest BCUT2D eigenvalue weighted by atomic mass is 32.1. The summed E-state index contributed by atoms with van der Waals surface area (Å²) in [5, 5.41) is 6.45. The first-order valence-electron chi connectivity index (χ1n) is 8.55. The minimum Gasteiger partial charge on any atom is -0.379 e. The number of anilines is 1. The zero-order valence-corrected chi connectivity index (χ0v) is 15.9. The van der Waals surface area contributed by atoms with Crippen molar-refractivity contribution >= 4 is 22.9 Å². The van der Waals surface area contributed by atoms with Gasteiger partial charge in [0.2, 0.25) is 6.41 Å². The van der Waals surface area contributed by atoms with Crippen molar-refractivity contribution in [1.82, 2.24) is 15.3 Å². The van der Waals surface area contributed by atoms with Gasteiger partial charge in [-0.1, -0.05) is 17.3 Å². The van der Waals surface area contributed by atoms with Crippen molar-refractivity contribution < 1.29 is 9.53 Å². The molecule has 1 fully saturated rings. The van der Waals surface area contributed by atoms with Crippen LogP contribution in [0.15, 0.2) is 24.5 Å². The first kappa shape index (κ1) is 19.9. The standard InChI is InChI=1S/C12H11N3S.C7H13NO2/c1-9-11(16-12(13-2)15-9)4-3-10-5-7-14-8-6-10;9-6-8-3-4-10-5-7-1-2-7/h5-8H,1-2H3,(H,13,15);6-7H,1-5H2,(H,8,9). The summed E-state index contributed by atoms with van der Waals surface area (Å²) < 4.78 is 5.24. The molecule has 2 aromatic heterocycles. The van der Waals surface area contributed by atoms with Gasteiger partial charge >= 0.3 is 0 Å². The molecule has 1 aliphatic carbocycles. The second-order valence-electron chi connectivity index (χ2n) is 5.76. The Bertz CT molecular complexity index is 733. The van der Waals surface area contributed by atoms with Crippen LogP contribution < -0.4 is 10.6 Å². The zero-order chi connectivity index (χ0) is 18.6. The number of thiazole rings is 1. The average molecular weight is 372 g/mol. The number of hydrogen-bond acceptors (Lipinski definition) is 6. The van der Waals surface area contributed by atoms with E-state index in [1.165, 1.54) is 12.8 Å². The molecular weight excluding hydrogens is 348 g/mol. The monoisotopic (exact) mass is 372 g/mol. The van der Waals surface area contributed by atoms with Crippen LogP contribution in [0.2, 0.25) is 0 Å². The van der Waals surface area contributed by atoms with Crippen LogP contribution in [-0.4, -0.2) is 43.2 Å². The summed E-state index contributed by atoms with van der Waals surface area (Å²) in [6.45, 7) is 4.12. The molecule has 0 aromatic carbocycles. The number of rotatable bonds is 7. The van der Waals surface area contributed by atoms with E-state index in [1.54, 1.807) is 23.7 Å². The van der Waals surface area contributed by atoms with E-state index >= 15 is 0 Å². The Labute approximate surface area is 158 Å². The Hall–Kier alpha value is -2.43. The molecule has 0 unspecified atom stereocenters. The topological polar surface area (TPSA) is 76.1 Å². The van der Waals surface area contributed by atoms with Crippen LogP contribution in [0.5, 0.6) is 0 Å². The number of aryl methyl sites for hydroxylation is 1. The van der Waals surface area contributed by atoms with Crippen LogP contribution in [0.1, 0.15) is 29.0 Å². The molecule has 0 aliphatic heterocycles. The molecular formula is C19H24N4O2S. The molecule has 0 radical (unpaired) electrons. The molecule has 6 nitrogen and oxygen atoms in total. The van der Waals surface area contributed by atoms with E-state index in [9.17, 15) is 4.79 Å². The van der Waals surface area contributed by atoms with Crippen LogP contribution in [0.4, 0.5) is 5.13 Å². The SMILES string of the molecule is CNc1nc(C)c(C#Cc2ccncc2)s1.O=CNCCOCC1CC1. The molecule has 0 atom stereocenters. The van der Waals surface area contributed by atoms with Crippen LogP contribution in [-0.2, 0) is 9.53 Å². The Morgan fingerprint density at radius 3 is 2.73 bits per heavy atom. The number of ether oxygens (including phenoxy) is 1. The minimum atomic E-state index is 0.635. The summed E-state index contributed by atoms with van der Waals surface area (Å²) in [6.07, 6.45) is 6.81. The van der Waals surface area contributed by atoms with Crippen LogP contribution >= 0.6 is 11.3 Å². The highest BCUT2D eigenvalue weighted by molar-refractivity contribution is 7.16. The van der Waals surface area contributed by atoms with Crippen molar-refractivity contribution in [2.24, 2.45) is 5.92 Å². The highest BCUT2D eigenvalue weighted by Gasteiger charge is 2.20. The van der Waals surface area contributed by atoms with Gasteiger partial charge in [-0.05, 0) is 43.7 Å². The number of carbonyl (C=O) groups excluding carboxylic acids is 1. The molecule has 1 saturated carbocycles. The number of carbonyl (C=O) groups is 1. The number of aromatic nitrogens is 2. The fraction of sp³-hybridized carbons (Fsp3) is 0.421. The van der Waals surface area contributed by atoms with Gasteiger partial charge in [-0.15, -0.1) is 0 Å². The molecule has 1 amide bonds. The van der Waals surface area contributed by atoms with Gasteiger partial charge in [0.15, 0.2) is 5.13 Å². The lowest BCUT2D eigenvalue weighted by Crippen LogP contribution is -2.17. The molecule has 0 bridgehead atoms. The van der Waals surface area contributed by atoms with Gasteiger partial charge in [0.25, 0.3) is 0 Å². The van der Waals surface area contributed by atoms with Crippen molar-refractivity contribution in [2.45, 2.75) is 19.8 Å². The third-order valence-corrected chi connectivity index (χ3v) is 4.63. The normalized spacial score (nSPS) is 12.2. The van der Waals surface area contributed by atoms with Crippen molar-refractivity contribution in [1.29, 1.82) is 0 Å². The molecule has 7 heteroatoms. The molecule has 2 heterocycles. The highest BCUT2D eigenvalue weighted by Crippen LogP contribution is 2.28. The number of pyridine rings is 1. The quantitative estimate of drug-likeness (QED) is 0.444. The molecule has 3 rings (SSSR count). The molecule has 0 saturated heterocycles. The third kappa shape index (κ3) is 7.64. The van der Waals surface area contributed by atoms with Crippen molar-refractivity contribution in [3.8, 4) is 11.8 Å². The lowest BCUT2D eigenvalue weighted by Gasteiger charge is -2.00. The Kier molecular flexibility index (Phi) is 8.60. The smallest absolute Gasteiger partial charge is 0.207 e. The maximum atomic E-state index is 9.75. The van der Waals surface area contributed by atoms with Crippen LogP contribution in [0.3, 0.4) is 0 Å². The largest absolute Gasteiger partial charge is 0.379 e. The molecule has 0 spiro atoms. The predicted molar refractivity (Wildman–Crippen MR) is 104 cm³/mol. The van der Waals surface area contributed by atoms with E-state index in [1.807, 2.05) is 26.1 Å². The maximum absolute atomic E-state index is 9.75. The van der Waals surface area contributed by atoms with E-state index in [0.717, 1.165) is 33.8 Å².